The van der Waals surface area contributed by atoms with Gasteiger partial charge in [-0.25, -0.2) is 14.2 Å². The first-order valence-electron chi connectivity index (χ1n) is 9.14. The molecule has 5 rings (SSSR count). The first-order valence-corrected chi connectivity index (χ1v) is 9.52. The summed E-state index contributed by atoms with van der Waals surface area (Å²) in [7, 11) is 0. The van der Waals surface area contributed by atoms with E-state index in [-0.39, 0.29) is 17.6 Å². The molecule has 0 spiro atoms. The van der Waals surface area contributed by atoms with Crippen LogP contribution in [-0.2, 0) is 0 Å². The average molecular weight is 428 g/mol. The predicted octanol–water partition coefficient (Wildman–Crippen LogP) is 1.60. The fourth-order valence-electron chi connectivity index (χ4n) is 2.99. The number of fused-ring (bicyclic) bond motifs is 1. The van der Waals surface area contributed by atoms with Crippen molar-refractivity contribution in [3.63, 3.8) is 0 Å². The molecule has 3 aromatic heterocycles. The van der Waals surface area contributed by atoms with Crippen LogP contribution in [0.1, 0.15) is 18.5 Å². The highest BCUT2D eigenvalue weighted by molar-refractivity contribution is 6.33. The molecule has 1 saturated carbocycles. The number of aromatic nitrogens is 5. The van der Waals surface area contributed by atoms with Crippen LogP contribution in [0, 0.1) is 5.82 Å². The van der Waals surface area contributed by atoms with Crippen molar-refractivity contribution < 1.29 is 9.50 Å². The SMILES string of the molecule is O=c1[nH]c(O)c(/C=c2\cnn3c(=NC4CC4)cc(Nc4cc(F)ccc4Cl)nc23)[nH]1. The van der Waals surface area contributed by atoms with Gasteiger partial charge in [0.05, 0.1) is 22.9 Å². The maximum absolute atomic E-state index is 13.6. The Morgan fingerprint density at radius 3 is 2.90 bits per heavy atom. The third-order valence-electron chi connectivity index (χ3n) is 4.57. The van der Waals surface area contributed by atoms with Crippen molar-refractivity contribution in [3.05, 3.63) is 68.2 Å². The molecule has 0 saturated heterocycles. The molecular weight excluding hydrogens is 413 g/mol. The molecule has 30 heavy (non-hydrogen) atoms. The van der Waals surface area contributed by atoms with Gasteiger partial charge in [-0.15, -0.1) is 0 Å². The van der Waals surface area contributed by atoms with E-state index in [9.17, 15) is 14.3 Å². The van der Waals surface area contributed by atoms with Gasteiger partial charge in [-0.2, -0.15) is 9.61 Å². The van der Waals surface area contributed by atoms with Crippen LogP contribution >= 0.6 is 11.6 Å². The minimum absolute atomic E-state index is 0.198. The summed E-state index contributed by atoms with van der Waals surface area (Å²) in [5, 5.41) is 18.1. The molecule has 1 aromatic carbocycles. The van der Waals surface area contributed by atoms with Crippen molar-refractivity contribution in [3.8, 4) is 5.88 Å². The Morgan fingerprint density at radius 2 is 2.17 bits per heavy atom. The van der Waals surface area contributed by atoms with Gasteiger partial charge < -0.3 is 15.4 Å². The molecule has 0 amide bonds. The highest BCUT2D eigenvalue weighted by atomic mass is 35.5. The molecule has 0 unspecified atom stereocenters. The standard InChI is InChI=1S/C19H15ClFN7O2/c20-12-4-1-10(21)6-13(12)24-15-7-16(23-11-2-3-11)28-17(26-15)9(8-22-28)5-14-18(29)27-19(30)25-14/h1,4-8,11,24,29H,2-3H2,(H2,25,27,30)/b9-5+,23-16?. The number of benzene rings is 1. The van der Waals surface area contributed by atoms with Gasteiger partial charge >= 0.3 is 5.69 Å². The number of aromatic amines is 2. The molecule has 0 radical (unpaired) electrons. The van der Waals surface area contributed by atoms with E-state index >= 15 is 0 Å². The molecule has 1 aliphatic carbocycles. The highest BCUT2D eigenvalue weighted by Gasteiger charge is 2.20. The molecular formula is C19H15ClFN7O2. The molecule has 9 nitrogen and oxygen atoms in total. The van der Waals surface area contributed by atoms with Crippen LogP contribution in [0.5, 0.6) is 5.88 Å². The lowest BCUT2D eigenvalue weighted by Crippen LogP contribution is -2.20. The molecule has 1 aliphatic rings. The molecule has 3 heterocycles. The summed E-state index contributed by atoms with van der Waals surface area (Å²) < 4.78 is 15.2. The summed E-state index contributed by atoms with van der Waals surface area (Å²) in [6.07, 6.45) is 5.10. The fourth-order valence-corrected chi connectivity index (χ4v) is 3.16. The van der Waals surface area contributed by atoms with Crippen LogP contribution in [0.15, 0.2) is 40.2 Å². The van der Waals surface area contributed by atoms with E-state index in [1.165, 1.54) is 18.2 Å². The van der Waals surface area contributed by atoms with Crippen molar-refractivity contribution >= 4 is 34.8 Å². The minimum atomic E-state index is -0.532. The molecule has 0 aliphatic heterocycles. The Hall–Kier alpha value is -3.66. The highest BCUT2D eigenvalue weighted by Crippen LogP contribution is 2.25. The van der Waals surface area contributed by atoms with Crippen molar-refractivity contribution in [2.75, 3.05) is 5.32 Å². The molecule has 4 aromatic rings. The van der Waals surface area contributed by atoms with Gasteiger partial charge in [0.1, 0.15) is 17.3 Å². The lowest BCUT2D eigenvalue weighted by atomic mass is 10.3. The second-order valence-corrected chi connectivity index (χ2v) is 7.34. The zero-order valence-electron chi connectivity index (χ0n) is 15.4. The summed E-state index contributed by atoms with van der Waals surface area (Å²) >= 11 is 6.17. The fraction of sp³-hybridized carbons (Fsp3) is 0.158. The van der Waals surface area contributed by atoms with E-state index in [0.717, 1.165) is 12.8 Å². The number of aromatic hydroxyl groups is 1. The number of imidazole rings is 1. The third kappa shape index (κ3) is 3.52. The normalized spacial score (nSPS) is 15.3. The van der Waals surface area contributed by atoms with Crippen LogP contribution in [0.3, 0.4) is 0 Å². The average Bonchev–Trinajstić information content (AvgIpc) is 3.34. The first-order chi connectivity index (χ1) is 14.5. The van der Waals surface area contributed by atoms with E-state index in [0.29, 0.717) is 32.9 Å². The number of halogens is 2. The minimum Gasteiger partial charge on any atom is -0.493 e. The molecule has 1 fully saturated rings. The Balaban J connectivity index is 1.69. The van der Waals surface area contributed by atoms with Crippen molar-refractivity contribution in [1.82, 2.24) is 24.6 Å². The van der Waals surface area contributed by atoms with E-state index in [2.05, 4.69) is 30.4 Å². The molecule has 0 atom stereocenters. The lowest BCUT2D eigenvalue weighted by molar-refractivity contribution is 0.454. The van der Waals surface area contributed by atoms with Gasteiger partial charge in [0.2, 0.25) is 5.88 Å². The van der Waals surface area contributed by atoms with Gasteiger partial charge in [0.15, 0.2) is 11.1 Å². The molecule has 11 heteroatoms. The number of rotatable bonds is 4. The molecule has 4 N–H and O–H groups in total. The number of hydrogen-bond donors (Lipinski definition) is 4. The van der Waals surface area contributed by atoms with E-state index in [1.54, 1.807) is 22.9 Å². The van der Waals surface area contributed by atoms with E-state index in [4.69, 9.17) is 11.6 Å². The Morgan fingerprint density at radius 1 is 1.33 bits per heavy atom. The summed E-state index contributed by atoms with van der Waals surface area (Å²) in [6, 6.07) is 5.93. The maximum Gasteiger partial charge on any atom is 0.326 e. The number of nitrogens with zero attached hydrogens (tertiary/aromatic N) is 4. The predicted molar refractivity (Wildman–Crippen MR) is 108 cm³/mol. The topological polar surface area (TPSA) is 123 Å². The summed E-state index contributed by atoms with van der Waals surface area (Å²) in [5.74, 6) is -0.324. The number of nitrogens with one attached hydrogen (secondary N) is 3. The zero-order chi connectivity index (χ0) is 20.8. The second kappa shape index (κ2) is 6.99. The summed E-state index contributed by atoms with van der Waals surface area (Å²) in [5.41, 5.74) is 1.04. The number of H-pyrrole nitrogens is 2. The van der Waals surface area contributed by atoms with Gasteiger partial charge in [-0.3, -0.25) is 9.98 Å². The zero-order valence-corrected chi connectivity index (χ0v) is 16.1. The second-order valence-electron chi connectivity index (χ2n) is 6.93. The quantitative estimate of drug-likeness (QED) is 0.394. The van der Waals surface area contributed by atoms with E-state index in [1.807, 2.05) is 0 Å². The molecule has 152 valence electrons. The van der Waals surface area contributed by atoms with Gasteiger partial charge in [0, 0.05) is 11.3 Å². The van der Waals surface area contributed by atoms with Gasteiger partial charge in [-0.1, -0.05) is 11.6 Å². The van der Waals surface area contributed by atoms with Crippen LogP contribution in [-0.4, -0.2) is 35.7 Å². The van der Waals surface area contributed by atoms with Crippen molar-refractivity contribution in [2.24, 2.45) is 4.99 Å². The first kappa shape index (κ1) is 18.4. The van der Waals surface area contributed by atoms with Crippen molar-refractivity contribution in [2.45, 2.75) is 18.9 Å². The van der Waals surface area contributed by atoms with Gasteiger partial charge in [-0.05, 0) is 37.1 Å². The van der Waals surface area contributed by atoms with Crippen LogP contribution in [0.2, 0.25) is 5.02 Å². The van der Waals surface area contributed by atoms with Crippen LogP contribution < -0.4 is 21.7 Å². The van der Waals surface area contributed by atoms with Gasteiger partial charge in [0.25, 0.3) is 0 Å². The number of hydrogen-bond acceptors (Lipinski definition) is 6. The number of anilines is 2. The summed E-state index contributed by atoms with van der Waals surface area (Å²) in [6.45, 7) is 0. The van der Waals surface area contributed by atoms with Crippen LogP contribution in [0.4, 0.5) is 15.9 Å². The maximum atomic E-state index is 13.6. The smallest absolute Gasteiger partial charge is 0.326 e. The largest absolute Gasteiger partial charge is 0.493 e. The Kier molecular flexibility index (Phi) is 4.28. The van der Waals surface area contributed by atoms with Crippen LogP contribution in [0.25, 0.3) is 11.7 Å². The summed E-state index contributed by atoms with van der Waals surface area (Å²) in [4.78, 5) is 25.4. The lowest BCUT2D eigenvalue weighted by Gasteiger charge is -2.08. The van der Waals surface area contributed by atoms with Crippen molar-refractivity contribution in [1.29, 1.82) is 0 Å². The molecule has 0 bridgehead atoms. The van der Waals surface area contributed by atoms with E-state index < -0.39 is 11.5 Å². The third-order valence-corrected chi connectivity index (χ3v) is 4.90. The Bertz CT molecular complexity index is 1450. The monoisotopic (exact) mass is 427 g/mol. The Labute approximate surface area is 172 Å².